The molecule has 2 aromatic carbocycles. The van der Waals surface area contributed by atoms with Crippen LogP contribution in [0.2, 0.25) is 5.02 Å². The van der Waals surface area contributed by atoms with Gasteiger partial charge in [-0.05, 0) is 56.2 Å². The average molecular weight is 417 g/mol. The summed E-state index contributed by atoms with van der Waals surface area (Å²) in [6.45, 7) is 5.98. The van der Waals surface area contributed by atoms with Gasteiger partial charge in [0.1, 0.15) is 11.6 Å². The SMILES string of the molecule is COc1ccc(Cl)cc1NC(=O)CSc1nnc(C)n1-c1cc(C)ccc1C. The Morgan fingerprint density at radius 2 is 1.96 bits per heavy atom. The van der Waals surface area contributed by atoms with E-state index in [9.17, 15) is 4.79 Å². The van der Waals surface area contributed by atoms with E-state index in [1.807, 2.05) is 25.3 Å². The van der Waals surface area contributed by atoms with E-state index in [1.54, 1.807) is 25.3 Å². The third kappa shape index (κ3) is 4.48. The second-order valence-corrected chi connectivity index (χ2v) is 7.72. The molecule has 1 amide bonds. The van der Waals surface area contributed by atoms with Crippen LogP contribution in [0.5, 0.6) is 5.75 Å². The molecule has 1 aromatic heterocycles. The van der Waals surface area contributed by atoms with Crippen LogP contribution in [0.15, 0.2) is 41.6 Å². The molecule has 0 aliphatic rings. The number of nitrogens with zero attached hydrogens (tertiary/aromatic N) is 3. The van der Waals surface area contributed by atoms with E-state index in [4.69, 9.17) is 16.3 Å². The van der Waals surface area contributed by atoms with Crippen molar-refractivity contribution in [3.63, 3.8) is 0 Å². The van der Waals surface area contributed by atoms with Gasteiger partial charge in [0.25, 0.3) is 0 Å². The minimum Gasteiger partial charge on any atom is -0.495 e. The summed E-state index contributed by atoms with van der Waals surface area (Å²) in [5.41, 5.74) is 3.81. The van der Waals surface area contributed by atoms with Gasteiger partial charge in [0.05, 0.1) is 24.2 Å². The van der Waals surface area contributed by atoms with Gasteiger partial charge in [-0.15, -0.1) is 10.2 Å². The van der Waals surface area contributed by atoms with Crippen molar-refractivity contribution in [2.45, 2.75) is 25.9 Å². The Bertz CT molecular complexity index is 1020. The number of hydrogen-bond acceptors (Lipinski definition) is 5. The van der Waals surface area contributed by atoms with Crippen LogP contribution in [0.4, 0.5) is 5.69 Å². The first-order chi connectivity index (χ1) is 13.4. The number of thioether (sulfide) groups is 1. The van der Waals surface area contributed by atoms with Crippen LogP contribution >= 0.6 is 23.4 Å². The van der Waals surface area contributed by atoms with Gasteiger partial charge in [0.2, 0.25) is 5.91 Å². The second kappa shape index (κ2) is 8.67. The zero-order valence-electron chi connectivity index (χ0n) is 16.1. The lowest BCUT2D eigenvalue weighted by atomic mass is 10.1. The lowest BCUT2D eigenvalue weighted by Crippen LogP contribution is -2.15. The van der Waals surface area contributed by atoms with E-state index in [0.717, 1.165) is 22.6 Å². The molecule has 0 fully saturated rings. The van der Waals surface area contributed by atoms with Gasteiger partial charge < -0.3 is 10.1 Å². The number of ether oxygens (including phenoxy) is 1. The van der Waals surface area contributed by atoms with Crippen LogP contribution < -0.4 is 10.1 Å². The Labute approximate surface area is 173 Å². The summed E-state index contributed by atoms with van der Waals surface area (Å²) >= 11 is 7.34. The highest BCUT2D eigenvalue weighted by molar-refractivity contribution is 7.99. The molecule has 0 saturated carbocycles. The summed E-state index contributed by atoms with van der Waals surface area (Å²) in [7, 11) is 1.54. The molecule has 1 heterocycles. The molecule has 6 nitrogen and oxygen atoms in total. The van der Waals surface area contributed by atoms with Crippen molar-refractivity contribution in [1.29, 1.82) is 0 Å². The molecule has 0 aliphatic carbocycles. The maximum Gasteiger partial charge on any atom is 0.234 e. The number of methoxy groups -OCH3 is 1. The number of nitrogens with one attached hydrogen (secondary N) is 1. The second-order valence-electron chi connectivity index (χ2n) is 6.34. The van der Waals surface area contributed by atoms with Crippen molar-refractivity contribution < 1.29 is 9.53 Å². The lowest BCUT2D eigenvalue weighted by molar-refractivity contribution is -0.113. The number of aromatic nitrogens is 3. The third-order valence-corrected chi connectivity index (χ3v) is 5.33. The molecule has 0 saturated heterocycles. The fraction of sp³-hybridized carbons (Fsp3) is 0.250. The monoisotopic (exact) mass is 416 g/mol. The standard InChI is InChI=1S/C20H21ClN4O2S/c1-12-5-6-13(2)17(9-12)25-14(3)23-24-20(25)28-11-19(26)22-16-10-15(21)7-8-18(16)27-4/h5-10H,11H2,1-4H3,(H,22,26). The number of carbonyl (C=O) groups excluding carboxylic acids is 1. The minimum absolute atomic E-state index is 0.179. The van der Waals surface area contributed by atoms with E-state index >= 15 is 0 Å². The Morgan fingerprint density at radius 3 is 2.71 bits per heavy atom. The maximum absolute atomic E-state index is 12.5. The summed E-state index contributed by atoms with van der Waals surface area (Å²) < 4.78 is 7.23. The van der Waals surface area contributed by atoms with Gasteiger partial charge in [-0.1, -0.05) is 35.5 Å². The molecule has 3 aromatic rings. The fourth-order valence-electron chi connectivity index (χ4n) is 2.77. The minimum atomic E-state index is -0.182. The molecule has 0 unspecified atom stereocenters. The summed E-state index contributed by atoms with van der Waals surface area (Å²) in [5.74, 6) is 1.32. The Hall–Kier alpha value is -2.51. The van der Waals surface area contributed by atoms with Crippen LogP contribution in [0, 0.1) is 20.8 Å². The smallest absolute Gasteiger partial charge is 0.234 e. The van der Waals surface area contributed by atoms with Crippen molar-refractivity contribution in [2.75, 3.05) is 18.2 Å². The lowest BCUT2D eigenvalue weighted by Gasteiger charge is -2.13. The van der Waals surface area contributed by atoms with Gasteiger partial charge in [0, 0.05) is 5.02 Å². The number of hydrogen-bond donors (Lipinski definition) is 1. The number of anilines is 1. The molecule has 28 heavy (non-hydrogen) atoms. The van der Waals surface area contributed by atoms with Crippen LogP contribution in [0.3, 0.4) is 0 Å². The van der Waals surface area contributed by atoms with E-state index in [1.165, 1.54) is 11.8 Å². The van der Waals surface area contributed by atoms with Crippen molar-refractivity contribution in [3.8, 4) is 11.4 Å². The highest BCUT2D eigenvalue weighted by Crippen LogP contribution is 2.29. The van der Waals surface area contributed by atoms with Crippen LogP contribution in [0.25, 0.3) is 5.69 Å². The topological polar surface area (TPSA) is 69.0 Å². The number of aryl methyl sites for hydroxylation is 3. The quantitative estimate of drug-likeness (QED) is 0.595. The van der Waals surface area contributed by atoms with Gasteiger partial charge >= 0.3 is 0 Å². The Balaban J connectivity index is 1.76. The van der Waals surface area contributed by atoms with Crippen LogP contribution in [-0.2, 0) is 4.79 Å². The summed E-state index contributed by atoms with van der Waals surface area (Å²) in [5, 5.41) is 12.4. The molecule has 146 valence electrons. The highest BCUT2D eigenvalue weighted by atomic mass is 35.5. The maximum atomic E-state index is 12.5. The molecule has 0 spiro atoms. The number of amides is 1. The first-order valence-electron chi connectivity index (χ1n) is 8.65. The normalized spacial score (nSPS) is 10.8. The Kier molecular flexibility index (Phi) is 6.26. The first kappa shape index (κ1) is 20.2. The number of halogens is 1. The van der Waals surface area contributed by atoms with E-state index in [0.29, 0.717) is 21.6 Å². The highest BCUT2D eigenvalue weighted by Gasteiger charge is 2.16. The predicted molar refractivity (Wildman–Crippen MR) is 113 cm³/mol. The summed E-state index contributed by atoms with van der Waals surface area (Å²) in [4.78, 5) is 12.5. The van der Waals surface area contributed by atoms with E-state index in [-0.39, 0.29) is 11.7 Å². The van der Waals surface area contributed by atoms with Crippen LogP contribution in [0.1, 0.15) is 17.0 Å². The molecule has 0 bridgehead atoms. The molecular weight excluding hydrogens is 396 g/mol. The van der Waals surface area contributed by atoms with E-state index < -0.39 is 0 Å². The number of benzene rings is 2. The van der Waals surface area contributed by atoms with Crippen molar-refractivity contribution in [3.05, 3.63) is 58.4 Å². The zero-order valence-corrected chi connectivity index (χ0v) is 17.7. The fourth-order valence-corrected chi connectivity index (χ4v) is 3.73. The predicted octanol–water partition coefficient (Wildman–Crippen LogP) is 4.59. The number of rotatable bonds is 6. The third-order valence-electron chi connectivity index (χ3n) is 4.17. The van der Waals surface area contributed by atoms with Gasteiger partial charge in [-0.3, -0.25) is 9.36 Å². The number of carbonyl (C=O) groups is 1. The average Bonchev–Trinajstić information content (AvgIpc) is 3.02. The van der Waals surface area contributed by atoms with Gasteiger partial charge in [-0.2, -0.15) is 0 Å². The van der Waals surface area contributed by atoms with Gasteiger partial charge in [-0.25, -0.2) is 0 Å². The van der Waals surface area contributed by atoms with Crippen molar-refractivity contribution in [2.24, 2.45) is 0 Å². The first-order valence-corrected chi connectivity index (χ1v) is 10.0. The van der Waals surface area contributed by atoms with Crippen LogP contribution in [-0.4, -0.2) is 33.5 Å². The largest absolute Gasteiger partial charge is 0.495 e. The summed E-state index contributed by atoms with van der Waals surface area (Å²) in [6.07, 6.45) is 0. The van der Waals surface area contributed by atoms with Crippen molar-refractivity contribution >= 4 is 35.0 Å². The summed E-state index contributed by atoms with van der Waals surface area (Å²) in [6, 6.07) is 11.3. The molecule has 3 rings (SSSR count). The Morgan fingerprint density at radius 1 is 1.18 bits per heavy atom. The van der Waals surface area contributed by atoms with Gasteiger partial charge in [0.15, 0.2) is 5.16 Å². The van der Waals surface area contributed by atoms with Crippen molar-refractivity contribution in [1.82, 2.24) is 14.8 Å². The molecule has 1 N–H and O–H groups in total. The molecule has 0 atom stereocenters. The molecule has 0 radical (unpaired) electrons. The van der Waals surface area contributed by atoms with E-state index in [2.05, 4.69) is 33.7 Å². The molecular formula is C20H21ClN4O2S. The molecule has 8 heteroatoms. The zero-order chi connectivity index (χ0) is 20.3. The molecule has 0 aliphatic heterocycles.